The minimum atomic E-state index is -4.59. The van der Waals surface area contributed by atoms with Gasteiger partial charge in [0.1, 0.15) is 41.6 Å². The van der Waals surface area contributed by atoms with Gasteiger partial charge in [-0.3, -0.25) is 9.05 Å². The molecule has 1 fully saturated rings. The fourth-order valence-electron chi connectivity index (χ4n) is 7.16. The Morgan fingerprint density at radius 3 is 2.21 bits per heavy atom. The van der Waals surface area contributed by atoms with Crippen molar-refractivity contribution >= 4 is 19.2 Å². The Hall–Kier alpha value is -3.75. The number of ether oxygens (including phenoxy) is 4. The van der Waals surface area contributed by atoms with E-state index in [1.165, 1.54) is 94.3 Å². The first-order valence-electron chi connectivity index (χ1n) is 21.3. The molecule has 1 aliphatic heterocycles. The Kier molecular flexibility index (Phi) is 20.2. The lowest BCUT2D eigenvalue weighted by Crippen LogP contribution is -2.29. The average Bonchev–Trinajstić information content (AvgIpc) is 3.85. The summed E-state index contributed by atoms with van der Waals surface area (Å²) < 4.78 is 49.5. The molecule has 320 valence electrons. The number of nitrogens with two attached hydrogens (primary N) is 1. The first-order valence-corrected chi connectivity index (χ1v) is 22.8. The van der Waals surface area contributed by atoms with E-state index in [4.69, 9.17) is 33.7 Å². The van der Waals surface area contributed by atoms with Crippen molar-refractivity contribution in [2.75, 3.05) is 32.2 Å². The van der Waals surface area contributed by atoms with Gasteiger partial charge < -0.3 is 29.6 Å². The predicted molar refractivity (Wildman–Crippen MR) is 222 cm³/mol. The van der Waals surface area contributed by atoms with Gasteiger partial charge in [-0.15, -0.1) is 0 Å². The molecule has 0 aliphatic carbocycles. The molecule has 1 unspecified atom stereocenters. The number of fused-ring (bicyclic) bond motifs is 1. The van der Waals surface area contributed by atoms with E-state index in [1.807, 2.05) is 13.8 Å². The van der Waals surface area contributed by atoms with Gasteiger partial charge in [0.05, 0.1) is 43.3 Å². The zero-order chi connectivity index (χ0) is 41.6. The zero-order valence-corrected chi connectivity index (χ0v) is 35.7. The third-order valence-electron chi connectivity index (χ3n) is 10.3. The molecule has 4 rings (SSSR count). The summed E-state index contributed by atoms with van der Waals surface area (Å²) in [5.41, 5.74) is 6.00. The topological polar surface area (TPSA) is 196 Å². The largest absolute Gasteiger partial charge is 0.489 e. The Balaban J connectivity index is 1.20. The highest BCUT2D eigenvalue weighted by Gasteiger charge is 2.45. The van der Waals surface area contributed by atoms with Crippen LogP contribution in [-0.2, 0) is 28.7 Å². The molecule has 0 amide bonds. The van der Waals surface area contributed by atoms with Crippen LogP contribution in [0.15, 0.2) is 36.7 Å². The third kappa shape index (κ3) is 15.4. The second kappa shape index (κ2) is 25.0. The quantitative estimate of drug-likeness (QED) is 0.0476. The van der Waals surface area contributed by atoms with Crippen LogP contribution in [-0.4, -0.2) is 64.2 Å². The zero-order valence-electron chi connectivity index (χ0n) is 34.8. The Morgan fingerprint density at radius 1 is 0.931 bits per heavy atom. The second-order valence-corrected chi connectivity index (χ2v) is 16.9. The van der Waals surface area contributed by atoms with Gasteiger partial charge in [0.15, 0.2) is 11.4 Å². The highest BCUT2D eigenvalue weighted by atomic mass is 31.2. The number of aromatic nitrogens is 3. The van der Waals surface area contributed by atoms with Crippen LogP contribution in [0, 0.1) is 22.7 Å². The Bertz CT molecular complexity index is 1790. The van der Waals surface area contributed by atoms with E-state index >= 15 is 0 Å². The van der Waals surface area contributed by atoms with E-state index in [9.17, 15) is 20.0 Å². The molecule has 4 atom stereocenters. The lowest BCUT2D eigenvalue weighted by Gasteiger charge is -2.23. The van der Waals surface area contributed by atoms with Gasteiger partial charge in [0.25, 0.3) is 0 Å². The maximum atomic E-state index is 13.1. The molecule has 14 nitrogen and oxygen atoms in total. The number of hydrogen-bond donors (Lipinski definition) is 2. The summed E-state index contributed by atoms with van der Waals surface area (Å²) in [6, 6.07) is 12.6. The molecule has 58 heavy (non-hydrogen) atoms. The first-order chi connectivity index (χ1) is 28.1. The molecular weight excluding hydrogens is 759 g/mol. The fourth-order valence-corrected chi connectivity index (χ4v) is 7.94. The van der Waals surface area contributed by atoms with Gasteiger partial charge in [-0.1, -0.05) is 103 Å². The fraction of sp³-hybridized carbons (Fsp3) is 0.674. The number of benzene rings is 1. The van der Waals surface area contributed by atoms with Crippen LogP contribution in [0.25, 0.3) is 5.52 Å². The normalized spacial score (nSPS) is 18.2. The summed E-state index contributed by atoms with van der Waals surface area (Å²) in [5.74, 6) is 1.02. The number of phosphoric ester groups is 1. The smallest absolute Gasteiger partial charge is 0.472 e. The van der Waals surface area contributed by atoms with Crippen LogP contribution < -0.4 is 15.2 Å². The highest BCUT2D eigenvalue weighted by Crippen LogP contribution is 2.46. The maximum Gasteiger partial charge on any atom is 0.472 e. The molecule has 0 spiro atoms. The van der Waals surface area contributed by atoms with Crippen LogP contribution in [0.3, 0.4) is 0 Å². The minimum Gasteiger partial charge on any atom is -0.489 e. The van der Waals surface area contributed by atoms with Gasteiger partial charge in [0.2, 0.25) is 0 Å². The number of phosphoric acid groups is 1. The molecule has 3 aromatic rings. The van der Waals surface area contributed by atoms with Gasteiger partial charge in [0, 0.05) is 12.7 Å². The molecule has 15 heteroatoms. The van der Waals surface area contributed by atoms with Crippen molar-refractivity contribution in [2.45, 2.75) is 160 Å². The maximum absolute atomic E-state index is 13.1. The number of rotatable bonds is 30. The third-order valence-corrected chi connectivity index (χ3v) is 11.2. The lowest BCUT2D eigenvalue weighted by molar-refractivity contribution is -0.0360. The highest BCUT2D eigenvalue weighted by molar-refractivity contribution is 7.47. The summed E-state index contributed by atoms with van der Waals surface area (Å²) in [6.07, 6.45) is 20.9. The summed E-state index contributed by atoms with van der Waals surface area (Å²) in [5, 5.41) is 23.9. The number of nitriles is 2. The van der Waals surface area contributed by atoms with Crippen molar-refractivity contribution in [1.29, 1.82) is 10.5 Å². The summed E-state index contributed by atoms with van der Waals surface area (Å²) >= 11 is 0. The number of anilines is 1. The SMILES string of the molecule is CCCCCCCCCCCCCCCCCCOC[C@H](COP(=O)(O)OC[C@@H]1CC[C@](C#N)(c2ccc3c(N)ncnn23)O1)Oc1ccc(C#N)c(OC(C)C)c1. The lowest BCUT2D eigenvalue weighted by atomic mass is 9.98. The summed E-state index contributed by atoms with van der Waals surface area (Å²) in [4.78, 5) is 14.7. The van der Waals surface area contributed by atoms with Gasteiger partial charge in [-0.25, -0.2) is 14.1 Å². The van der Waals surface area contributed by atoms with Crippen LogP contribution in [0.1, 0.15) is 148 Å². The van der Waals surface area contributed by atoms with Crippen molar-refractivity contribution in [1.82, 2.24) is 14.6 Å². The molecule has 1 saturated heterocycles. The molecule has 3 heterocycles. The van der Waals surface area contributed by atoms with E-state index in [-0.39, 0.29) is 31.7 Å². The van der Waals surface area contributed by atoms with Crippen LogP contribution in [0.5, 0.6) is 11.5 Å². The molecule has 1 aromatic carbocycles. The summed E-state index contributed by atoms with van der Waals surface area (Å²) in [7, 11) is -4.59. The molecule has 2 aromatic heterocycles. The van der Waals surface area contributed by atoms with Crippen LogP contribution in [0.2, 0.25) is 0 Å². The number of nitrogens with zero attached hydrogens (tertiary/aromatic N) is 5. The Morgan fingerprint density at radius 2 is 1.59 bits per heavy atom. The van der Waals surface area contributed by atoms with E-state index in [1.54, 1.807) is 30.3 Å². The van der Waals surface area contributed by atoms with E-state index in [0.29, 0.717) is 47.7 Å². The second-order valence-electron chi connectivity index (χ2n) is 15.5. The van der Waals surface area contributed by atoms with Crippen molar-refractivity contribution in [3.8, 4) is 23.6 Å². The van der Waals surface area contributed by atoms with E-state index in [2.05, 4.69) is 29.1 Å². The number of hydrogen-bond acceptors (Lipinski definition) is 12. The molecular formula is C43H65N6O8P. The number of nitrogen functional groups attached to an aromatic ring is 1. The Labute approximate surface area is 344 Å². The molecule has 1 aliphatic rings. The van der Waals surface area contributed by atoms with E-state index < -0.39 is 25.6 Å². The molecule has 0 bridgehead atoms. The minimum absolute atomic E-state index is 0.0921. The van der Waals surface area contributed by atoms with E-state index in [0.717, 1.165) is 19.3 Å². The van der Waals surface area contributed by atoms with Crippen molar-refractivity contribution in [2.24, 2.45) is 0 Å². The van der Waals surface area contributed by atoms with Crippen LogP contribution >= 0.6 is 7.82 Å². The molecule has 0 radical (unpaired) electrons. The first kappa shape index (κ1) is 46.9. The molecule has 0 saturated carbocycles. The molecule has 3 N–H and O–H groups in total. The van der Waals surface area contributed by atoms with Gasteiger partial charge in [-0.2, -0.15) is 15.6 Å². The summed E-state index contributed by atoms with van der Waals surface area (Å²) in [6.45, 7) is 5.98. The van der Waals surface area contributed by atoms with Gasteiger partial charge >= 0.3 is 7.82 Å². The van der Waals surface area contributed by atoms with Crippen molar-refractivity contribution in [3.63, 3.8) is 0 Å². The standard InChI is InChI=1S/C43H65N6O8P/c1-4-5-6-7-8-9-10-11-12-13-14-15-16-17-18-19-26-52-29-38(56-36-21-20-35(28-44)40(27-36)55-34(2)3)31-54-58(50,51)53-30-37-24-25-43(32-45,57-37)41-23-22-39-42(46)47-33-48-49(39)41/h20-23,27,33-34,37-38H,4-19,24-26,29-31H2,1-3H3,(H,50,51)(H2,46,47,48)/t37-,38+,43-/m0/s1. The predicted octanol–water partition coefficient (Wildman–Crippen LogP) is 9.73. The average molecular weight is 825 g/mol. The van der Waals surface area contributed by atoms with Crippen LogP contribution in [0.4, 0.5) is 5.82 Å². The number of unbranched alkanes of at least 4 members (excludes halogenated alkanes) is 15. The monoisotopic (exact) mass is 824 g/mol. The van der Waals surface area contributed by atoms with Crippen molar-refractivity contribution in [3.05, 3.63) is 47.9 Å². The van der Waals surface area contributed by atoms with Gasteiger partial charge in [-0.05, 0) is 57.4 Å². The van der Waals surface area contributed by atoms with Crippen molar-refractivity contribution < 1.29 is 37.5 Å².